The standard InChI is InChI=1S/C27H25N3O5/c1-3-4-8-17-9-6-12-20-23(17)27(34)30(26(20)33)16-22(31)29-25-21(13-7-14-28-25)24(32)18-10-5-11-19(15-18)35-2/h5-7,9-15H,3-4,8,16H2,1-2H3,(H,28,29,31). The number of unbranched alkanes of at least 4 members (excludes halogenated alkanes) is 1. The van der Waals surface area contributed by atoms with Crippen molar-refractivity contribution in [2.45, 2.75) is 26.2 Å². The molecule has 0 atom stereocenters. The van der Waals surface area contributed by atoms with Crippen LogP contribution in [0.25, 0.3) is 0 Å². The normalized spacial score (nSPS) is 12.5. The van der Waals surface area contributed by atoms with Crippen LogP contribution >= 0.6 is 0 Å². The Labute approximate surface area is 202 Å². The van der Waals surface area contributed by atoms with E-state index in [2.05, 4.69) is 17.2 Å². The van der Waals surface area contributed by atoms with Crippen molar-refractivity contribution in [1.82, 2.24) is 9.88 Å². The van der Waals surface area contributed by atoms with Crippen LogP contribution in [0.2, 0.25) is 0 Å². The molecule has 1 aliphatic rings. The number of carbonyl (C=O) groups is 4. The largest absolute Gasteiger partial charge is 0.497 e. The number of fused-ring (bicyclic) bond motifs is 1. The van der Waals surface area contributed by atoms with Crippen LogP contribution in [0, 0.1) is 0 Å². The predicted molar refractivity (Wildman–Crippen MR) is 130 cm³/mol. The number of ketones is 1. The van der Waals surface area contributed by atoms with Gasteiger partial charge in [0.25, 0.3) is 11.8 Å². The van der Waals surface area contributed by atoms with E-state index in [1.54, 1.807) is 48.5 Å². The van der Waals surface area contributed by atoms with E-state index in [0.29, 0.717) is 28.9 Å². The van der Waals surface area contributed by atoms with Gasteiger partial charge in [-0.15, -0.1) is 0 Å². The molecule has 0 unspecified atom stereocenters. The highest BCUT2D eigenvalue weighted by molar-refractivity contribution is 6.23. The first-order chi connectivity index (χ1) is 16.9. The molecule has 0 spiro atoms. The first-order valence-corrected chi connectivity index (χ1v) is 11.4. The van der Waals surface area contributed by atoms with Crippen LogP contribution in [0.4, 0.5) is 5.82 Å². The number of hydrogen-bond donors (Lipinski definition) is 1. The Morgan fingerprint density at radius 2 is 1.83 bits per heavy atom. The summed E-state index contributed by atoms with van der Waals surface area (Å²) in [7, 11) is 1.51. The van der Waals surface area contributed by atoms with Crippen LogP contribution in [0.5, 0.6) is 5.75 Å². The summed E-state index contributed by atoms with van der Waals surface area (Å²) >= 11 is 0. The van der Waals surface area contributed by atoms with Gasteiger partial charge in [-0.25, -0.2) is 4.98 Å². The minimum Gasteiger partial charge on any atom is -0.497 e. The molecule has 0 saturated carbocycles. The lowest BCUT2D eigenvalue weighted by Crippen LogP contribution is -2.37. The molecular weight excluding hydrogens is 446 g/mol. The van der Waals surface area contributed by atoms with Crippen LogP contribution < -0.4 is 10.1 Å². The Morgan fingerprint density at radius 1 is 1.03 bits per heavy atom. The number of rotatable bonds is 9. The van der Waals surface area contributed by atoms with Crippen molar-refractivity contribution in [2.75, 3.05) is 19.0 Å². The summed E-state index contributed by atoms with van der Waals surface area (Å²) in [4.78, 5) is 56.9. The Balaban J connectivity index is 1.52. The number of aryl methyl sites for hydroxylation is 1. The number of carbonyl (C=O) groups excluding carboxylic acids is 4. The summed E-state index contributed by atoms with van der Waals surface area (Å²) in [5.74, 6) is -1.41. The molecule has 1 aromatic heterocycles. The number of aromatic nitrogens is 1. The SMILES string of the molecule is CCCCc1cccc2c1C(=O)N(CC(=O)Nc1ncccc1C(=O)c1cccc(OC)c1)C2=O. The van der Waals surface area contributed by atoms with Crippen LogP contribution in [-0.4, -0.2) is 47.0 Å². The maximum absolute atomic E-state index is 13.1. The van der Waals surface area contributed by atoms with Gasteiger partial charge in [-0.2, -0.15) is 0 Å². The van der Waals surface area contributed by atoms with E-state index in [0.717, 1.165) is 23.3 Å². The van der Waals surface area contributed by atoms with Crippen LogP contribution in [0.3, 0.4) is 0 Å². The lowest BCUT2D eigenvalue weighted by atomic mass is 9.98. The number of pyridine rings is 1. The summed E-state index contributed by atoms with van der Waals surface area (Å²) in [6.07, 6.45) is 3.98. The van der Waals surface area contributed by atoms with Gasteiger partial charge in [-0.05, 0) is 48.7 Å². The van der Waals surface area contributed by atoms with Gasteiger partial charge >= 0.3 is 0 Å². The fourth-order valence-corrected chi connectivity index (χ4v) is 4.05. The molecule has 0 aliphatic carbocycles. The Bertz CT molecular complexity index is 1320. The van der Waals surface area contributed by atoms with E-state index in [-0.39, 0.29) is 17.2 Å². The number of methoxy groups -OCH3 is 1. The van der Waals surface area contributed by atoms with E-state index in [9.17, 15) is 19.2 Å². The number of nitrogens with one attached hydrogen (secondary N) is 1. The zero-order valence-corrected chi connectivity index (χ0v) is 19.5. The number of benzene rings is 2. The van der Waals surface area contributed by atoms with Crippen molar-refractivity contribution in [3.05, 3.63) is 88.6 Å². The monoisotopic (exact) mass is 471 g/mol. The molecule has 1 aliphatic heterocycles. The van der Waals surface area contributed by atoms with Gasteiger partial charge in [0.05, 0.1) is 23.8 Å². The highest BCUT2D eigenvalue weighted by Gasteiger charge is 2.38. The van der Waals surface area contributed by atoms with E-state index in [1.807, 2.05) is 6.07 Å². The topological polar surface area (TPSA) is 106 Å². The maximum atomic E-state index is 13.1. The number of imide groups is 1. The lowest BCUT2D eigenvalue weighted by Gasteiger charge is -2.15. The van der Waals surface area contributed by atoms with Crippen LogP contribution in [0.1, 0.15) is 62.0 Å². The number of nitrogens with zero attached hydrogens (tertiary/aromatic N) is 2. The van der Waals surface area contributed by atoms with Crippen molar-refractivity contribution in [3.63, 3.8) is 0 Å². The predicted octanol–water partition coefficient (Wildman–Crippen LogP) is 3.90. The van der Waals surface area contributed by atoms with E-state index >= 15 is 0 Å². The first kappa shape index (κ1) is 23.8. The Kier molecular flexibility index (Phi) is 7.01. The summed E-state index contributed by atoms with van der Waals surface area (Å²) in [6, 6.07) is 15.0. The summed E-state index contributed by atoms with van der Waals surface area (Å²) in [5, 5.41) is 2.59. The quantitative estimate of drug-likeness (QED) is 0.375. The Morgan fingerprint density at radius 3 is 2.60 bits per heavy atom. The molecule has 2 aromatic carbocycles. The second-order valence-corrected chi connectivity index (χ2v) is 8.15. The maximum Gasteiger partial charge on any atom is 0.262 e. The fraction of sp³-hybridized carbons (Fsp3) is 0.222. The van der Waals surface area contributed by atoms with Crippen molar-refractivity contribution in [2.24, 2.45) is 0 Å². The van der Waals surface area contributed by atoms with Gasteiger partial charge in [0.15, 0.2) is 5.78 Å². The van der Waals surface area contributed by atoms with E-state index in [4.69, 9.17) is 4.74 Å². The minimum absolute atomic E-state index is 0.0468. The number of hydrogen-bond acceptors (Lipinski definition) is 6. The molecule has 3 aromatic rings. The van der Waals surface area contributed by atoms with Gasteiger partial charge in [0, 0.05) is 11.8 Å². The van der Waals surface area contributed by atoms with Gasteiger partial charge in [0.1, 0.15) is 18.1 Å². The van der Waals surface area contributed by atoms with Crippen molar-refractivity contribution >= 4 is 29.3 Å². The third kappa shape index (κ3) is 4.82. The summed E-state index contributed by atoms with van der Waals surface area (Å²) in [6.45, 7) is 1.57. The van der Waals surface area contributed by atoms with Crippen molar-refractivity contribution in [3.8, 4) is 5.75 Å². The molecule has 0 saturated heterocycles. The first-order valence-electron chi connectivity index (χ1n) is 11.4. The zero-order chi connectivity index (χ0) is 24.9. The average molecular weight is 472 g/mol. The summed E-state index contributed by atoms with van der Waals surface area (Å²) < 4.78 is 5.18. The van der Waals surface area contributed by atoms with Crippen molar-refractivity contribution < 1.29 is 23.9 Å². The molecule has 178 valence electrons. The molecule has 0 radical (unpaired) electrons. The third-order valence-electron chi connectivity index (χ3n) is 5.83. The second kappa shape index (κ2) is 10.3. The number of amides is 3. The third-order valence-corrected chi connectivity index (χ3v) is 5.83. The molecular formula is C27H25N3O5. The number of anilines is 1. The highest BCUT2D eigenvalue weighted by Crippen LogP contribution is 2.27. The number of ether oxygens (including phenoxy) is 1. The molecule has 0 fully saturated rings. The molecule has 2 heterocycles. The molecule has 35 heavy (non-hydrogen) atoms. The van der Waals surface area contributed by atoms with Crippen molar-refractivity contribution in [1.29, 1.82) is 0 Å². The lowest BCUT2D eigenvalue weighted by molar-refractivity contribution is -0.116. The average Bonchev–Trinajstić information content (AvgIpc) is 3.12. The minimum atomic E-state index is -0.631. The highest BCUT2D eigenvalue weighted by atomic mass is 16.5. The molecule has 0 bridgehead atoms. The smallest absolute Gasteiger partial charge is 0.262 e. The molecule has 4 rings (SSSR count). The molecule has 1 N–H and O–H groups in total. The molecule has 8 heteroatoms. The molecule has 8 nitrogen and oxygen atoms in total. The zero-order valence-electron chi connectivity index (χ0n) is 19.5. The Hall–Kier alpha value is -4.33. The molecule has 3 amide bonds. The van der Waals surface area contributed by atoms with E-state index < -0.39 is 24.3 Å². The summed E-state index contributed by atoms with van der Waals surface area (Å²) in [5.41, 5.74) is 2.03. The van der Waals surface area contributed by atoms with Gasteiger partial charge < -0.3 is 10.1 Å². The van der Waals surface area contributed by atoms with Gasteiger partial charge in [0.2, 0.25) is 5.91 Å². The second-order valence-electron chi connectivity index (χ2n) is 8.15. The van der Waals surface area contributed by atoms with E-state index in [1.165, 1.54) is 13.3 Å². The van der Waals surface area contributed by atoms with Gasteiger partial charge in [-0.1, -0.05) is 37.6 Å². The fourth-order valence-electron chi connectivity index (χ4n) is 4.05. The van der Waals surface area contributed by atoms with Crippen LogP contribution in [-0.2, 0) is 11.2 Å². The van der Waals surface area contributed by atoms with Crippen LogP contribution in [0.15, 0.2) is 60.8 Å². The van der Waals surface area contributed by atoms with Gasteiger partial charge in [-0.3, -0.25) is 24.1 Å².